The van der Waals surface area contributed by atoms with Crippen molar-refractivity contribution in [2.45, 2.75) is 6.16 Å². The maximum absolute atomic E-state index is 12.6. The van der Waals surface area contributed by atoms with E-state index in [4.69, 9.17) is 10.3 Å². The van der Waals surface area contributed by atoms with Gasteiger partial charge in [-0.3, -0.25) is 9.36 Å². The highest BCUT2D eigenvalue weighted by atomic mass is 31.2. The predicted octanol–water partition coefficient (Wildman–Crippen LogP) is 5.24. The first kappa shape index (κ1) is 19.9. The molecule has 0 aliphatic heterocycles. The van der Waals surface area contributed by atoms with Gasteiger partial charge in [-0.25, -0.2) is 0 Å². The lowest BCUT2D eigenvalue weighted by Crippen LogP contribution is -2.13. The molecule has 0 aromatic heterocycles. The van der Waals surface area contributed by atoms with Crippen molar-refractivity contribution in [1.82, 2.24) is 0 Å². The van der Waals surface area contributed by atoms with Gasteiger partial charge in [0.05, 0.1) is 11.4 Å². The van der Waals surface area contributed by atoms with Gasteiger partial charge in [0.15, 0.2) is 0 Å². The summed E-state index contributed by atoms with van der Waals surface area (Å²) < 4.78 is 17.1. The zero-order chi connectivity index (χ0) is 20.1. The van der Waals surface area contributed by atoms with Crippen molar-refractivity contribution in [3.63, 3.8) is 0 Å². The molecule has 1 unspecified atom stereocenters. The van der Waals surface area contributed by atoms with Crippen molar-refractivity contribution in [1.29, 1.82) is 0 Å². The minimum absolute atomic E-state index is 0.255. The molecule has 0 radical (unpaired) electrons. The Morgan fingerprint density at radius 1 is 1.00 bits per heavy atom. The molecule has 0 fully saturated rings. The lowest BCUT2D eigenvalue weighted by Gasteiger charge is -2.12. The molecule has 0 aliphatic rings. The Hall–Kier alpha value is -2.88. The maximum atomic E-state index is 12.6. The fourth-order valence-corrected chi connectivity index (χ4v) is 3.83. The second kappa shape index (κ2) is 8.42. The van der Waals surface area contributed by atoms with Crippen molar-refractivity contribution in [3.05, 3.63) is 83.9 Å². The number of rotatable bonds is 6. The molecular formula is C22H23N2O3P. The van der Waals surface area contributed by atoms with Gasteiger partial charge in [-0.1, -0.05) is 48.5 Å². The fraction of sp³-hybridized carbons (Fsp3) is 0.136. The number of nitrogen functional groups attached to an aromatic ring is 1. The molecule has 3 N–H and O–H groups in total. The second-order valence-corrected chi connectivity index (χ2v) is 9.38. The number of hydrogen-bond donors (Lipinski definition) is 2. The van der Waals surface area contributed by atoms with E-state index in [9.17, 15) is 9.36 Å². The van der Waals surface area contributed by atoms with Crippen LogP contribution in [0.15, 0.2) is 72.8 Å². The molecule has 0 saturated heterocycles. The number of amides is 1. The Kier molecular flexibility index (Phi) is 5.98. The van der Waals surface area contributed by atoms with Crippen LogP contribution in [0.5, 0.6) is 0 Å². The second-order valence-electron chi connectivity index (χ2n) is 6.67. The normalized spacial score (nSPS) is 12.9. The van der Waals surface area contributed by atoms with Gasteiger partial charge in [0, 0.05) is 25.5 Å². The summed E-state index contributed by atoms with van der Waals surface area (Å²) in [7, 11) is -1.21. The first-order chi connectivity index (χ1) is 13.4. The monoisotopic (exact) mass is 394 g/mol. The molecule has 0 bridgehead atoms. The number of benzene rings is 3. The maximum Gasteiger partial charge on any atom is 0.255 e. The highest BCUT2D eigenvalue weighted by Gasteiger charge is 2.15. The largest absolute Gasteiger partial charge is 0.397 e. The van der Waals surface area contributed by atoms with Crippen LogP contribution in [0.4, 0.5) is 11.4 Å². The number of anilines is 2. The van der Waals surface area contributed by atoms with Crippen LogP contribution in [-0.4, -0.2) is 19.7 Å². The quantitative estimate of drug-likeness (QED) is 0.442. The van der Waals surface area contributed by atoms with Crippen LogP contribution in [0.1, 0.15) is 15.9 Å². The Morgan fingerprint density at radius 2 is 1.68 bits per heavy atom. The number of nitrogens with one attached hydrogen (secondary N) is 1. The van der Waals surface area contributed by atoms with E-state index in [1.807, 2.05) is 42.5 Å². The summed E-state index contributed by atoms with van der Waals surface area (Å²) in [6, 6.07) is 22.4. The van der Waals surface area contributed by atoms with E-state index in [0.29, 0.717) is 23.1 Å². The Labute approximate surface area is 165 Å². The van der Waals surface area contributed by atoms with Gasteiger partial charge in [0.2, 0.25) is 7.37 Å². The van der Waals surface area contributed by atoms with Gasteiger partial charge in [-0.2, -0.15) is 0 Å². The minimum Gasteiger partial charge on any atom is -0.397 e. The topological polar surface area (TPSA) is 81.4 Å². The summed E-state index contributed by atoms with van der Waals surface area (Å²) in [6.45, 7) is 1.59. The Balaban J connectivity index is 1.77. The van der Waals surface area contributed by atoms with E-state index in [0.717, 1.165) is 16.7 Å². The van der Waals surface area contributed by atoms with Crippen LogP contribution in [0, 0.1) is 0 Å². The van der Waals surface area contributed by atoms with Crippen molar-refractivity contribution in [2.24, 2.45) is 0 Å². The molecule has 0 heterocycles. The molecular weight excluding hydrogens is 371 g/mol. The number of carbonyl (C=O) groups excluding carboxylic acids is 1. The SMILES string of the molecule is COP(C)(=O)Cc1ccc(C(=O)Nc2cc(-c3ccccc3)ccc2N)cc1. The van der Waals surface area contributed by atoms with Gasteiger partial charge in [0.1, 0.15) is 0 Å². The standard InChI is InChI=1S/C22H23N2O3P/c1-27-28(2,26)15-16-8-10-18(11-9-16)22(25)24-21-14-19(12-13-20(21)23)17-6-4-3-5-7-17/h3-14H,15,23H2,1-2H3,(H,24,25). The average molecular weight is 394 g/mol. The summed E-state index contributed by atoms with van der Waals surface area (Å²) in [5.41, 5.74) is 10.5. The van der Waals surface area contributed by atoms with Crippen LogP contribution < -0.4 is 11.1 Å². The zero-order valence-electron chi connectivity index (χ0n) is 15.9. The lowest BCUT2D eigenvalue weighted by atomic mass is 10.0. The predicted molar refractivity (Wildman–Crippen MR) is 115 cm³/mol. The third kappa shape index (κ3) is 4.89. The molecule has 5 nitrogen and oxygen atoms in total. The summed E-state index contributed by atoms with van der Waals surface area (Å²) in [4.78, 5) is 12.6. The number of nitrogens with two attached hydrogens (primary N) is 1. The van der Waals surface area contributed by atoms with Crippen LogP contribution in [0.3, 0.4) is 0 Å². The van der Waals surface area contributed by atoms with Gasteiger partial charge < -0.3 is 15.6 Å². The Morgan fingerprint density at radius 3 is 2.32 bits per heavy atom. The molecule has 3 rings (SSSR count). The summed E-state index contributed by atoms with van der Waals surface area (Å²) in [6.07, 6.45) is 0.331. The van der Waals surface area contributed by atoms with Crippen LogP contribution >= 0.6 is 7.37 Å². The molecule has 0 aliphatic carbocycles. The summed E-state index contributed by atoms with van der Waals surface area (Å²) in [5.74, 6) is -0.255. The van der Waals surface area contributed by atoms with Crippen LogP contribution in [0.25, 0.3) is 11.1 Å². The van der Waals surface area contributed by atoms with Crippen LogP contribution in [-0.2, 0) is 15.3 Å². The van der Waals surface area contributed by atoms with Crippen molar-refractivity contribution >= 4 is 24.7 Å². The van der Waals surface area contributed by atoms with E-state index in [2.05, 4.69) is 5.32 Å². The van der Waals surface area contributed by atoms with Gasteiger partial charge in [-0.05, 0) is 41.0 Å². The van der Waals surface area contributed by atoms with E-state index in [1.54, 1.807) is 37.0 Å². The molecule has 0 saturated carbocycles. The van der Waals surface area contributed by atoms with Crippen LogP contribution in [0.2, 0.25) is 0 Å². The van der Waals surface area contributed by atoms with Crippen molar-refractivity contribution < 1.29 is 13.9 Å². The third-order valence-electron chi connectivity index (χ3n) is 4.48. The first-order valence-electron chi connectivity index (χ1n) is 8.85. The van der Waals surface area contributed by atoms with Gasteiger partial charge >= 0.3 is 0 Å². The molecule has 3 aromatic carbocycles. The van der Waals surface area contributed by atoms with Gasteiger partial charge in [0.25, 0.3) is 5.91 Å². The Bertz CT molecular complexity index is 1020. The average Bonchev–Trinajstić information content (AvgIpc) is 2.70. The highest BCUT2D eigenvalue weighted by molar-refractivity contribution is 7.57. The molecule has 1 atom stereocenters. The highest BCUT2D eigenvalue weighted by Crippen LogP contribution is 2.45. The molecule has 6 heteroatoms. The number of hydrogen-bond acceptors (Lipinski definition) is 4. The summed E-state index contributed by atoms with van der Waals surface area (Å²) in [5, 5.41) is 2.87. The smallest absolute Gasteiger partial charge is 0.255 e. The minimum atomic E-state index is -2.65. The lowest BCUT2D eigenvalue weighted by molar-refractivity contribution is 0.102. The zero-order valence-corrected chi connectivity index (χ0v) is 16.8. The number of carbonyl (C=O) groups is 1. The first-order valence-corrected chi connectivity index (χ1v) is 11.1. The van der Waals surface area contributed by atoms with Crippen molar-refractivity contribution in [3.8, 4) is 11.1 Å². The van der Waals surface area contributed by atoms with E-state index < -0.39 is 7.37 Å². The van der Waals surface area contributed by atoms with E-state index in [-0.39, 0.29) is 5.91 Å². The summed E-state index contributed by atoms with van der Waals surface area (Å²) >= 11 is 0. The van der Waals surface area contributed by atoms with E-state index >= 15 is 0 Å². The van der Waals surface area contributed by atoms with Gasteiger partial charge in [-0.15, -0.1) is 0 Å². The molecule has 3 aromatic rings. The molecule has 0 spiro atoms. The van der Waals surface area contributed by atoms with Crippen molar-refractivity contribution in [2.75, 3.05) is 24.8 Å². The molecule has 28 heavy (non-hydrogen) atoms. The third-order valence-corrected chi connectivity index (χ3v) is 6.19. The van der Waals surface area contributed by atoms with E-state index in [1.165, 1.54) is 7.11 Å². The molecule has 144 valence electrons. The fourth-order valence-electron chi connectivity index (χ4n) is 2.83. The molecule has 1 amide bonds.